The molecule has 0 radical (unpaired) electrons. The summed E-state index contributed by atoms with van der Waals surface area (Å²) in [7, 11) is 1.51. The van der Waals surface area contributed by atoms with E-state index in [9.17, 15) is 15.0 Å². The van der Waals surface area contributed by atoms with Crippen LogP contribution in [0.4, 0.5) is 0 Å². The van der Waals surface area contributed by atoms with Crippen molar-refractivity contribution >= 4 is 5.97 Å². The number of phenols is 2. The van der Waals surface area contributed by atoms with E-state index in [2.05, 4.69) is 0 Å². The SMILES string of the molecule is COc1cc(OC(=O)c2ccccc2)cc(-c2ccc(O)c(O)c2)c1. The first-order valence-electron chi connectivity index (χ1n) is 7.55. The molecule has 3 aromatic carbocycles. The van der Waals surface area contributed by atoms with Crippen molar-refractivity contribution in [3.05, 3.63) is 72.3 Å². The normalized spacial score (nSPS) is 10.3. The Labute approximate surface area is 144 Å². The number of rotatable bonds is 4. The predicted octanol–water partition coefficient (Wildman–Crippen LogP) is 3.99. The molecule has 0 aromatic heterocycles. The highest BCUT2D eigenvalue weighted by Gasteiger charge is 2.12. The molecule has 5 heteroatoms. The lowest BCUT2D eigenvalue weighted by molar-refractivity contribution is 0.0734. The molecule has 0 unspecified atom stereocenters. The monoisotopic (exact) mass is 336 g/mol. The molecule has 0 atom stereocenters. The van der Waals surface area contributed by atoms with Crippen LogP contribution in [0.1, 0.15) is 10.4 Å². The Balaban J connectivity index is 1.95. The first-order chi connectivity index (χ1) is 12.1. The third kappa shape index (κ3) is 3.72. The maximum absolute atomic E-state index is 12.2. The van der Waals surface area contributed by atoms with Gasteiger partial charge >= 0.3 is 5.97 Å². The van der Waals surface area contributed by atoms with Gasteiger partial charge < -0.3 is 19.7 Å². The Hall–Kier alpha value is -3.47. The quantitative estimate of drug-likeness (QED) is 0.428. The molecule has 0 fully saturated rings. The van der Waals surface area contributed by atoms with Gasteiger partial charge in [0.15, 0.2) is 11.5 Å². The Bertz CT molecular complexity index is 903. The summed E-state index contributed by atoms with van der Waals surface area (Å²) in [6.45, 7) is 0. The van der Waals surface area contributed by atoms with Gasteiger partial charge in [0.05, 0.1) is 12.7 Å². The molecule has 5 nitrogen and oxygen atoms in total. The smallest absolute Gasteiger partial charge is 0.343 e. The number of ether oxygens (including phenoxy) is 2. The summed E-state index contributed by atoms with van der Waals surface area (Å²) in [6, 6.07) is 18.1. The van der Waals surface area contributed by atoms with Gasteiger partial charge in [-0.3, -0.25) is 0 Å². The van der Waals surface area contributed by atoms with Crippen LogP contribution in [0.15, 0.2) is 66.7 Å². The number of carbonyl (C=O) groups is 1. The minimum absolute atomic E-state index is 0.206. The molecule has 0 amide bonds. The highest BCUT2D eigenvalue weighted by atomic mass is 16.5. The lowest BCUT2D eigenvalue weighted by Gasteiger charge is -2.10. The summed E-state index contributed by atoms with van der Waals surface area (Å²) >= 11 is 0. The zero-order valence-corrected chi connectivity index (χ0v) is 13.5. The van der Waals surface area contributed by atoms with E-state index in [-0.39, 0.29) is 11.5 Å². The summed E-state index contributed by atoms with van der Waals surface area (Å²) in [5.41, 5.74) is 1.76. The number of aromatic hydroxyl groups is 2. The summed E-state index contributed by atoms with van der Waals surface area (Å²) in [4.78, 5) is 12.2. The Morgan fingerprint density at radius 1 is 0.800 bits per heavy atom. The summed E-state index contributed by atoms with van der Waals surface area (Å²) in [6.07, 6.45) is 0. The lowest BCUT2D eigenvalue weighted by atomic mass is 10.0. The van der Waals surface area contributed by atoms with Crippen LogP contribution in [0.2, 0.25) is 0 Å². The number of methoxy groups -OCH3 is 1. The van der Waals surface area contributed by atoms with E-state index < -0.39 is 5.97 Å². The molecule has 3 aromatic rings. The van der Waals surface area contributed by atoms with Crippen LogP contribution in [0.3, 0.4) is 0 Å². The molecule has 0 bridgehead atoms. The second kappa shape index (κ2) is 6.97. The third-order valence-electron chi connectivity index (χ3n) is 3.64. The van der Waals surface area contributed by atoms with Crippen molar-refractivity contribution in [1.82, 2.24) is 0 Å². The van der Waals surface area contributed by atoms with Crippen molar-refractivity contribution in [1.29, 1.82) is 0 Å². The first-order valence-corrected chi connectivity index (χ1v) is 7.55. The molecule has 3 rings (SSSR count). The van der Waals surface area contributed by atoms with E-state index >= 15 is 0 Å². The lowest BCUT2D eigenvalue weighted by Crippen LogP contribution is -2.08. The number of carbonyl (C=O) groups excluding carboxylic acids is 1. The molecule has 0 saturated carbocycles. The Morgan fingerprint density at radius 3 is 2.20 bits per heavy atom. The molecule has 2 N–H and O–H groups in total. The summed E-state index contributed by atoms with van der Waals surface area (Å²) < 4.78 is 10.7. The Kier molecular flexibility index (Phi) is 4.57. The van der Waals surface area contributed by atoms with Gasteiger partial charge in [-0.05, 0) is 47.5 Å². The van der Waals surface area contributed by atoms with Crippen LogP contribution >= 0.6 is 0 Å². The zero-order valence-electron chi connectivity index (χ0n) is 13.5. The predicted molar refractivity (Wildman–Crippen MR) is 93.2 cm³/mol. The molecule has 0 spiro atoms. The van der Waals surface area contributed by atoms with Crippen LogP contribution < -0.4 is 9.47 Å². The molecule has 0 aliphatic heterocycles. The first kappa shape index (κ1) is 16.4. The van der Waals surface area contributed by atoms with Gasteiger partial charge in [-0.25, -0.2) is 4.79 Å². The van der Waals surface area contributed by atoms with Crippen molar-refractivity contribution in [3.8, 4) is 34.1 Å². The highest BCUT2D eigenvalue weighted by molar-refractivity contribution is 5.91. The number of hydrogen-bond donors (Lipinski definition) is 2. The maximum atomic E-state index is 12.2. The van der Waals surface area contributed by atoms with E-state index in [1.165, 1.54) is 19.2 Å². The van der Waals surface area contributed by atoms with E-state index in [1.807, 2.05) is 6.07 Å². The van der Waals surface area contributed by atoms with Crippen LogP contribution in [0.5, 0.6) is 23.0 Å². The molecule has 0 aliphatic carbocycles. The van der Waals surface area contributed by atoms with E-state index in [0.717, 1.165) is 0 Å². The van der Waals surface area contributed by atoms with Crippen molar-refractivity contribution in [2.45, 2.75) is 0 Å². The molecular weight excluding hydrogens is 320 g/mol. The molecule has 0 saturated heterocycles. The molecule has 126 valence electrons. The average molecular weight is 336 g/mol. The van der Waals surface area contributed by atoms with Crippen molar-refractivity contribution < 1.29 is 24.5 Å². The molecule has 0 heterocycles. The largest absolute Gasteiger partial charge is 0.504 e. The van der Waals surface area contributed by atoms with Gasteiger partial charge in [0, 0.05) is 6.07 Å². The maximum Gasteiger partial charge on any atom is 0.343 e. The average Bonchev–Trinajstić information content (AvgIpc) is 2.64. The van der Waals surface area contributed by atoms with Crippen LogP contribution in [0.25, 0.3) is 11.1 Å². The summed E-state index contributed by atoms with van der Waals surface area (Å²) in [5.74, 6) is -0.101. The van der Waals surface area contributed by atoms with E-state index in [1.54, 1.807) is 48.5 Å². The number of phenolic OH excluding ortho intramolecular Hbond substituents is 2. The zero-order chi connectivity index (χ0) is 17.8. The number of esters is 1. The number of benzene rings is 3. The minimum Gasteiger partial charge on any atom is -0.504 e. The number of hydrogen-bond acceptors (Lipinski definition) is 5. The van der Waals surface area contributed by atoms with E-state index in [4.69, 9.17) is 9.47 Å². The van der Waals surface area contributed by atoms with Gasteiger partial charge in [-0.1, -0.05) is 24.3 Å². The van der Waals surface area contributed by atoms with Crippen LogP contribution in [0, 0.1) is 0 Å². The van der Waals surface area contributed by atoms with Crippen LogP contribution in [-0.4, -0.2) is 23.3 Å². The molecule has 25 heavy (non-hydrogen) atoms. The van der Waals surface area contributed by atoms with Gasteiger partial charge in [-0.15, -0.1) is 0 Å². The van der Waals surface area contributed by atoms with Crippen molar-refractivity contribution in [2.24, 2.45) is 0 Å². The molecular formula is C20H16O5. The molecule has 0 aliphatic rings. The van der Waals surface area contributed by atoms with Gasteiger partial charge in [-0.2, -0.15) is 0 Å². The second-order valence-corrected chi connectivity index (χ2v) is 5.36. The standard InChI is InChI=1S/C20H16O5/c1-24-16-9-15(14-7-8-18(21)19(22)11-14)10-17(12-16)25-20(23)13-5-3-2-4-6-13/h2-12,21-22H,1H3. The van der Waals surface area contributed by atoms with Crippen LogP contribution in [-0.2, 0) is 0 Å². The van der Waals surface area contributed by atoms with Crippen molar-refractivity contribution in [2.75, 3.05) is 7.11 Å². The fourth-order valence-corrected chi connectivity index (χ4v) is 2.36. The second-order valence-electron chi connectivity index (χ2n) is 5.36. The van der Waals surface area contributed by atoms with Crippen molar-refractivity contribution in [3.63, 3.8) is 0 Å². The highest BCUT2D eigenvalue weighted by Crippen LogP contribution is 2.34. The van der Waals surface area contributed by atoms with Gasteiger partial charge in [0.2, 0.25) is 0 Å². The summed E-state index contributed by atoms with van der Waals surface area (Å²) in [5, 5.41) is 19.1. The van der Waals surface area contributed by atoms with E-state index in [0.29, 0.717) is 28.2 Å². The topological polar surface area (TPSA) is 76.0 Å². The Morgan fingerprint density at radius 2 is 1.52 bits per heavy atom. The fraction of sp³-hybridized carbons (Fsp3) is 0.0500. The third-order valence-corrected chi connectivity index (χ3v) is 3.64. The minimum atomic E-state index is -0.478. The fourth-order valence-electron chi connectivity index (χ4n) is 2.36. The van der Waals surface area contributed by atoms with Gasteiger partial charge in [0.25, 0.3) is 0 Å². The van der Waals surface area contributed by atoms with Gasteiger partial charge in [0.1, 0.15) is 11.5 Å².